The summed E-state index contributed by atoms with van der Waals surface area (Å²) in [6, 6.07) is 5.58. The third-order valence-corrected chi connectivity index (χ3v) is 9.82. The number of ether oxygens (including phenoxy) is 1. The van der Waals surface area contributed by atoms with E-state index in [9.17, 15) is 34.5 Å². The van der Waals surface area contributed by atoms with Crippen LogP contribution < -0.4 is 0 Å². The highest BCUT2D eigenvalue weighted by molar-refractivity contribution is 6.03. The van der Waals surface area contributed by atoms with Crippen LogP contribution in [0.15, 0.2) is 48.1 Å². The molecule has 0 radical (unpaired) electrons. The Morgan fingerprint density at radius 3 is 2.51 bits per heavy atom. The maximum atomic E-state index is 13.4. The molecule has 0 aromatic heterocycles. The van der Waals surface area contributed by atoms with Crippen molar-refractivity contribution < 1.29 is 39.2 Å². The summed E-state index contributed by atoms with van der Waals surface area (Å²) < 4.78 is 5.19. The molecule has 0 spiro atoms. The lowest BCUT2D eigenvalue weighted by atomic mass is 9.46. The van der Waals surface area contributed by atoms with E-state index in [0.29, 0.717) is 6.42 Å². The van der Waals surface area contributed by atoms with E-state index in [1.165, 1.54) is 24.3 Å². The number of hydrogen-bond acceptors (Lipinski definition) is 7. The van der Waals surface area contributed by atoms with Crippen molar-refractivity contribution in [1.82, 2.24) is 0 Å². The molecule has 196 valence electrons. The molecule has 3 N–H and O–H groups in total. The van der Waals surface area contributed by atoms with Crippen molar-refractivity contribution in [3.63, 3.8) is 0 Å². The summed E-state index contributed by atoms with van der Waals surface area (Å²) in [6.45, 7) is 3.22. The molecule has 8 nitrogen and oxygen atoms in total. The van der Waals surface area contributed by atoms with E-state index in [1.54, 1.807) is 12.2 Å². The number of aliphatic hydroxyl groups is 2. The maximum absolute atomic E-state index is 13.4. The van der Waals surface area contributed by atoms with Crippen LogP contribution in [0.4, 0.5) is 0 Å². The molecule has 0 amide bonds. The molecule has 7 atom stereocenters. The Labute approximate surface area is 215 Å². The molecular weight excluding hydrogens is 476 g/mol. The highest BCUT2D eigenvalue weighted by atomic mass is 16.5. The molecule has 1 aromatic rings. The molecule has 4 aliphatic rings. The SMILES string of the molecule is C[C@]12C=CC(=O)C=C1CC[C@@H]1[C@@H]2[C@@H](O)C[C@@]2(C)[C@H]1CC[C@]2(O)C(=O)COC(=O)c1ccccc1C(=O)O. The lowest BCUT2D eigenvalue weighted by molar-refractivity contribution is -0.178. The Morgan fingerprint density at radius 1 is 1.11 bits per heavy atom. The topological polar surface area (TPSA) is 138 Å². The summed E-state index contributed by atoms with van der Waals surface area (Å²) in [7, 11) is 0. The van der Waals surface area contributed by atoms with Gasteiger partial charge >= 0.3 is 11.9 Å². The van der Waals surface area contributed by atoms with Gasteiger partial charge in [0, 0.05) is 16.7 Å². The van der Waals surface area contributed by atoms with Gasteiger partial charge in [-0.25, -0.2) is 9.59 Å². The molecule has 0 bridgehead atoms. The zero-order chi connectivity index (χ0) is 26.8. The number of benzene rings is 1. The number of carboxylic acids is 1. The average Bonchev–Trinajstić information content (AvgIpc) is 3.13. The molecule has 3 saturated carbocycles. The number of Topliss-reactive ketones (excluding diaryl/α,β-unsaturated/α-hetero) is 1. The number of carbonyl (C=O) groups is 4. The fourth-order valence-electron chi connectivity index (χ4n) is 7.96. The predicted octanol–water partition coefficient (Wildman–Crippen LogP) is 3.12. The van der Waals surface area contributed by atoms with Gasteiger partial charge in [-0.3, -0.25) is 9.59 Å². The van der Waals surface area contributed by atoms with Crippen LogP contribution in [0, 0.1) is 28.6 Å². The van der Waals surface area contributed by atoms with E-state index >= 15 is 0 Å². The van der Waals surface area contributed by atoms with Crippen LogP contribution >= 0.6 is 0 Å². The number of fused-ring (bicyclic) bond motifs is 5. The fraction of sp³-hybridized carbons (Fsp3) is 0.517. The van der Waals surface area contributed by atoms with Gasteiger partial charge in [0.05, 0.1) is 17.2 Å². The first kappa shape index (κ1) is 25.5. The summed E-state index contributed by atoms with van der Waals surface area (Å²) in [6.07, 6.45) is 6.85. The van der Waals surface area contributed by atoms with Crippen LogP contribution in [-0.4, -0.2) is 57.1 Å². The van der Waals surface area contributed by atoms with Crippen molar-refractivity contribution in [3.8, 4) is 0 Å². The van der Waals surface area contributed by atoms with Crippen LogP contribution in [0.1, 0.15) is 66.7 Å². The first-order valence-electron chi connectivity index (χ1n) is 12.8. The first-order valence-corrected chi connectivity index (χ1v) is 12.8. The minimum Gasteiger partial charge on any atom is -0.478 e. The van der Waals surface area contributed by atoms with Crippen molar-refractivity contribution in [1.29, 1.82) is 0 Å². The number of hydrogen-bond donors (Lipinski definition) is 3. The van der Waals surface area contributed by atoms with Crippen LogP contribution in [0.5, 0.6) is 0 Å². The molecule has 4 aliphatic carbocycles. The predicted molar refractivity (Wildman–Crippen MR) is 132 cm³/mol. The van der Waals surface area contributed by atoms with Gasteiger partial charge in [0.2, 0.25) is 5.78 Å². The van der Waals surface area contributed by atoms with E-state index in [1.807, 2.05) is 13.0 Å². The third-order valence-electron chi connectivity index (χ3n) is 9.82. The van der Waals surface area contributed by atoms with Gasteiger partial charge in [-0.2, -0.15) is 0 Å². The number of aromatic carboxylic acids is 1. The van der Waals surface area contributed by atoms with Gasteiger partial charge in [-0.15, -0.1) is 0 Å². The van der Waals surface area contributed by atoms with Crippen molar-refractivity contribution in [2.24, 2.45) is 28.6 Å². The highest BCUT2D eigenvalue weighted by Crippen LogP contribution is 2.67. The molecule has 0 aliphatic heterocycles. The minimum atomic E-state index is -1.79. The average molecular weight is 509 g/mol. The number of rotatable bonds is 5. The van der Waals surface area contributed by atoms with E-state index in [4.69, 9.17) is 4.74 Å². The Kier molecular flexibility index (Phi) is 6.03. The van der Waals surface area contributed by atoms with Gasteiger partial charge in [-0.05, 0) is 68.2 Å². The van der Waals surface area contributed by atoms with Gasteiger partial charge in [0.1, 0.15) is 5.60 Å². The second-order valence-electron chi connectivity index (χ2n) is 11.5. The van der Waals surface area contributed by atoms with E-state index in [-0.39, 0.29) is 47.5 Å². The third kappa shape index (κ3) is 3.72. The Morgan fingerprint density at radius 2 is 1.81 bits per heavy atom. The summed E-state index contributed by atoms with van der Waals surface area (Å²) in [5.41, 5.74) is -2.52. The standard InChI is InChI=1S/C29H32O8/c1-27-11-9-17(30)13-16(27)7-8-20-21-10-12-29(36,28(21,2)14-22(31)24(20)27)23(32)15-37-26(35)19-6-4-3-5-18(19)25(33)34/h3-6,9,11,13,20-22,24,31,36H,7-8,10,12,14-15H2,1-2H3,(H,33,34)/t20-,21-,22-,24+,27-,28-,29-/m0/s1. The van der Waals surface area contributed by atoms with Gasteiger partial charge in [0.25, 0.3) is 0 Å². The number of carboxylic acid groups (broad SMARTS) is 1. The molecule has 3 fully saturated rings. The lowest BCUT2D eigenvalue weighted by Crippen LogP contribution is -2.61. The van der Waals surface area contributed by atoms with Crippen molar-refractivity contribution in [2.75, 3.05) is 6.61 Å². The van der Waals surface area contributed by atoms with Crippen molar-refractivity contribution in [3.05, 3.63) is 59.2 Å². The quantitative estimate of drug-likeness (QED) is 0.516. The molecule has 0 saturated heterocycles. The molecule has 1 aromatic carbocycles. The van der Waals surface area contributed by atoms with Crippen molar-refractivity contribution in [2.45, 2.75) is 57.7 Å². The highest BCUT2D eigenvalue weighted by Gasteiger charge is 2.68. The number of ketones is 2. The van der Waals surface area contributed by atoms with Crippen LogP contribution in [0.2, 0.25) is 0 Å². The molecule has 0 unspecified atom stereocenters. The Bertz CT molecular complexity index is 1250. The number of allylic oxidation sites excluding steroid dienone is 4. The zero-order valence-electron chi connectivity index (χ0n) is 21.0. The van der Waals surface area contributed by atoms with E-state index in [2.05, 4.69) is 6.92 Å². The molecule has 5 rings (SSSR count). The van der Waals surface area contributed by atoms with Crippen LogP contribution in [0.25, 0.3) is 0 Å². The number of esters is 1. The lowest BCUT2D eigenvalue weighted by Gasteiger charge is -2.59. The molecular formula is C29H32O8. The second-order valence-corrected chi connectivity index (χ2v) is 11.5. The smallest absolute Gasteiger partial charge is 0.339 e. The Hall–Kier alpha value is -3.10. The van der Waals surface area contributed by atoms with E-state index in [0.717, 1.165) is 18.4 Å². The summed E-state index contributed by atoms with van der Waals surface area (Å²) in [4.78, 5) is 49.4. The van der Waals surface area contributed by atoms with E-state index < -0.39 is 46.9 Å². The normalized spacial score (nSPS) is 38.2. The largest absolute Gasteiger partial charge is 0.478 e. The monoisotopic (exact) mass is 508 g/mol. The summed E-state index contributed by atoms with van der Waals surface area (Å²) >= 11 is 0. The molecule has 8 heteroatoms. The zero-order valence-corrected chi connectivity index (χ0v) is 21.0. The second kappa shape index (κ2) is 8.74. The van der Waals surface area contributed by atoms with Gasteiger partial charge in [0.15, 0.2) is 12.4 Å². The maximum Gasteiger partial charge on any atom is 0.339 e. The summed E-state index contributed by atoms with van der Waals surface area (Å²) in [5.74, 6) is -3.01. The number of carbonyl (C=O) groups excluding carboxylic acids is 3. The van der Waals surface area contributed by atoms with Gasteiger partial charge in [-0.1, -0.05) is 37.6 Å². The molecule has 0 heterocycles. The minimum absolute atomic E-state index is 0.0253. The summed E-state index contributed by atoms with van der Waals surface area (Å²) in [5, 5.41) is 32.5. The van der Waals surface area contributed by atoms with Crippen LogP contribution in [-0.2, 0) is 14.3 Å². The van der Waals surface area contributed by atoms with Crippen LogP contribution in [0.3, 0.4) is 0 Å². The van der Waals surface area contributed by atoms with Crippen molar-refractivity contribution >= 4 is 23.5 Å². The fourth-order valence-corrected chi connectivity index (χ4v) is 7.96. The Balaban J connectivity index is 1.36. The first-order chi connectivity index (χ1) is 17.4. The van der Waals surface area contributed by atoms with Gasteiger partial charge < -0.3 is 20.1 Å². The number of aliphatic hydroxyl groups excluding tert-OH is 1. The molecule has 37 heavy (non-hydrogen) atoms.